The number of hydrogen-bond acceptors (Lipinski definition) is 5. The van der Waals surface area contributed by atoms with E-state index in [1.165, 1.54) is 7.11 Å². The van der Waals surface area contributed by atoms with Gasteiger partial charge in [0.05, 0.1) is 18.1 Å². The van der Waals surface area contributed by atoms with Gasteiger partial charge in [0.2, 0.25) is 5.79 Å². The molecule has 0 radical (unpaired) electrons. The van der Waals surface area contributed by atoms with Crippen LogP contribution in [0.3, 0.4) is 0 Å². The quantitative estimate of drug-likeness (QED) is 0.783. The summed E-state index contributed by atoms with van der Waals surface area (Å²) in [5.41, 5.74) is -1.28. The van der Waals surface area contributed by atoms with Crippen LogP contribution in [-0.4, -0.2) is 48.2 Å². The molecule has 0 spiro atoms. The molecule has 21 heavy (non-hydrogen) atoms. The molecule has 0 aromatic rings. The number of Topliss-reactive ketones (excluding diaryl/α,β-unsaturated/α-hetero) is 1. The molecule has 1 saturated heterocycles. The number of carbonyl (C=O) groups is 1. The van der Waals surface area contributed by atoms with Gasteiger partial charge in [-0.15, -0.1) is 6.58 Å². The van der Waals surface area contributed by atoms with Gasteiger partial charge in [0.15, 0.2) is 5.78 Å². The fourth-order valence-corrected chi connectivity index (χ4v) is 3.16. The first-order chi connectivity index (χ1) is 9.73. The first-order valence-corrected chi connectivity index (χ1v) is 7.10. The molecule has 1 aliphatic carbocycles. The minimum absolute atomic E-state index is 0.0409. The first-order valence-electron chi connectivity index (χ1n) is 7.10. The second-order valence-corrected chi connectivity index (χ2v) is 6.28. The lowest BCUT2D eigenvalue weighted by atomic mass is 9.77. The Hall–Kier alpha value is -1.01. The van der Waals surface area contributed by atoms with Crippen molar-refractivity contribution >= 4 is 5.78 Å². The largest absolute Gasteiger partial charge is 0.388 e. The zero-order chi connectivity index (χ0) is 15.9. The summed E-state index contributed by atoms with van der Waals surface area (Å²) in [5, 5.41) is 10.3. The van der Waals surface area contributed by atoms with Crippen molar-refractivity contribution in [2.45, 2.75) is 56.2 Å². The topological polar surface area (TPSA) is 65.0 Å². The van der Waals surface area contributed by atoms with Gasteiger partial charge in [-0.25, -0.2) is 0 Å². The number of ketones is 1. The summed E-state index contributed by atoms with van der Waals surface area (Å²) in [7, 11) is 3.07. The summed E-state index contributed by atoms with van der Waals surface area (Å²) < 4.78 is 17.3. The van der Waals surface area contributed by atoms with E-state index >= 15 is 0 Å². The number of rotatable bonds is 5. The Morgan fingerprint density at radius 3 is 2.67 bits per heavy atom. The molecule has 1 aliphatic heterocycles. The summed E-state index contributed by atoms with van der Waals surface area (Å²) in [4.78, 5) is 12.3. The van der Waals surface area contributed by atoms with E-state index in [2.05, 4.69) is 6.58 Å². The zero-order valence-electron chi connectivity index (χ0n) is 13.1. The number of hydrogen-bond donors (Lipinski definition) is 1. The Morgan fingerprint density at radius 1 is 1.52 bits per heavy atom. The third-order valence-corrected chi connectivity index (χ3v) is 4.47. The Labute approximate surface area is 125 Å². The van der Waals surface area contributed by atoms with Crippen LogP contribution in [0.5, 0.6) is 0 Å². The average molecular weight is 296 g/mol. The highest BCUT2D eigenvalue weighted by Gasteiger charge is 2.65. The van der Waals surface area contributed by atoms with E-state index < -0.39 is 23.1 Å². The minimum Gasteiger partial charge on any atom is -0.388 e. The van der Waals surface area contributed by atoms with Crippen molar-refractivity contribution in [3.63, 3.8) is 0 Å². The maximum atomic E-state index is 12.3. The summed E-state index contributed by atoms with van der Waals surface area (Å²) in [5.74, 6) is -1.23. The Kier molecular flexibility index (Phi) is 4.14. The van der Waals surface area contributed by atoms with Gasteiger partial charge in [-0.05, 0) is 31.9 Å². The molecule has 5 heteroatoms. The molecule has 3 unspecified atom stereocenters. The van der Waals surface area contributed by atoms with E-state index in [9.17, 15) is 9.90 Å². The third kappa shape index (κ3) is 2.48. The molecular weight excluding hydrogens is 272 g/mol. The lowest BCUT2D eigenvalue weighted by Gasteiger charge is -2.43. The van der Waals surface area contributed by atoms with E-state index in [4.69, 9.17) is 14.2 Å². The summed E-state index contributed by atoms with van der Waals surface area (Å²) in [6.07, 6.45) is 3.98. The molecule has 1 fully saturated rings. The summed E-state index contributed by atoms with van der Waals surface area (Å²) >= 11 is 0. The molecule has 0 bridgehead atoms. The van der Waals surface area contributed by atoms with Crippen molar-refractivity contribution in [2.75, 3.05) is 14.2 Å². The van der Waals surface area contributed by atoms with E-state index in [-0.39, 0.29) is 12.2 Å². The second kappa shape index (κ2) is 5.32. The molecule has 118 valence electrons. The Bertz CT molecular complexity index is 476. The van der Waals surface area contributed by atoms with Gasteiger partial charge in [-0.3, -0.25) is 4.79 Å². The molecular formula is C16H24O5. The van der Waals surface area contributed by atoms with Crippen LogP contribution >= 0.6 is 0 Å². The lowest BCUT2D eigenvalue weighted by molar-refractivity contribution is -0.282. The van der Waals surface area contributed by atoms with Crippen LogP contribution in [0.2, 0.25) is 0 Å². The maximum absolute atomic E-state index is 12.3. The normalized spacial score (nSPS) is 36.3. The summed E-state index contributed by atoms with van der Waals surface area (Å²) in [6, 6.07) is 0. The molecule has 0 aromatic carbocycles. The number of carbonyl (C=O) groups excluding carboxylic acids is 1. The SMILES string of the molecule is C=CCC1=CC2(OC)CC(C(C)(C)O)OC2(OC)CC1=O. The lowest BCUT2D eigenvalue weighted by Crippen LogP contribution is -2.56. The molecule has 2 aliphatic rings. The van der Waals surface area contributed by atoms with Gasteiger partial charge in [0, 0.05) is 20.6 Å². The molecule has 5 nitrogen and oxygen atoms in total. The molecule has 3 atom stereocenters. The molecule has 1 heterocycles. The standard InChI is InChI=1S/C16H24O5/c1-6-7-11-8-15(19-4)10-13(14(2,3)18)21-16(15,20-5)9-12(11)17/h6,8,13,18H,1,7,9-10H2,2-5H3. The molecule has 0 saturated carbocycles. The molecule has 2 rings (SSSR count). The van der Waals surface area contributed by atoms with E-state index in [0.717, 1.165) is 0 Å². The summed E-state index contributed by atoms with van der Waals surface area (Å²) in [6.45, 7) is 7.04. The highest BCUT2D eigenvalue weighted by Crippen LogP contribution is 2.51. The Morgan fingerprint density at radius 2 is 2.19 bits per heavy atom. The van der Waals surface area contributed by atoms with Crippen molar-refractivity contribution in [3.05, 3.63) is 24.3 Å². The van der Waals surface area contributed by atoms with Crippen LogP contribution in [0.1, 0.15) is 33.1 Å². The van der Waals surface area contributed by atoms with E-state index in [0.29, 0.717) is 18.4 Å². The molecule has 0 amide bonds. The first kappa shape index (κ1) is 16.4. The predicted octanol–water partition coefficient (Wildman–Crippen LogP) is 1.75. The fourth-order valence-electron chi connectivity index (χ4n) is 3.16. The van der Waals surface area contributed by atoms with Crippen molar-refractivity contribution in [2.24, 2.45) is 0 Å². The number of fused-ring (bicyclic) bond motifs is 1. The minimum atomic E-state index is -1.19. The van der Waals surface area contributed by atoms with Gasteiger partial charge in [-0.2, -0.15) is 0 Å². The van der Waals surface area contributed by atoms with Crippen LogP contribution in [0.25, 0.3) is 0 Å². The van der Waals surface area contributed by atoms with Crippen LogP contribution in [0.4, 0.5) is 0 Å². The van der Waals surface area contributed by atoms with Crippen LogP contribution < -0.4 is 0 Å². The number of allylic oxidation sites excluding steroid dienone is 2. The van der Waals surface area contributed by atoms with Gasteiger partial charge < -0.3 is 19.3 Å². The van der Waals surface area contributed by atoms with Crippen LogP contribution in [0.15, 0.2) is 24.3 Å². The smallest absolute Gasteiger partial charge is 0.209 e. The van der Waals surface area contributed by atoms with Gasteiger partial charge in [0.25, 0.3) is 0 Å². The Balaban J connectivity index is 2.49. The fraction of sp³-hybridized carbons (Fsp3) is 0.688. The average Bonchev–Trinajstić information content (AvgIpc) is 2.75. The predicted molar refractivity (Wildman–Crippen MR) is 77.8 cm³/mol. The van der Waals surface area contributed by atoms with E-state index in [1.807, 2.05) is 0 Å². The van der Waals surface area contributed by atoms with Crippen molar-refractivity contribution in [3.8, 4) is 0 Å². The number of aliphatic hydroxyl groups is 1. The van der Waals surface area contributed by atoms with Crippen molar-refractivity contribution in [1.82, 2.24) is 0 Å². The van der Waals surface area contributed by atoms with Crippen LogP contribution in [-0.2, 0) is 19.0 Å². The molecule has 1 N–H and O–H groups in total. The third-order valence-electron chi connectivity index (χ3n) is 4.47. The molecule has 0 aromatic heterocycles. The zero-order valence-corrected chi connectivity index (χ0v) is 13.1. The van der Waals surface area contributed by atoms with Crippen molar-refractivity contribution < 1.29 is 24.1 Å². The highest BCUT2D eigenvalue weighted by molar-refractivity contribution is 5.97. The monoisotopic (exact) mass is 296 g/mol. The maximum Gasteiger partial charge on any atom is 0.209 e. The highest BCUT2D eigenvalue weighted by atomic mass is 16.7. The van der Waals surface area contributed by atoms with Gasteiger partial charge in [0.1, 0.15) is 5.60 Å². The number of ether oxygens (including phenoxy) is 3. The number of methoxy groups -OCH3 is 2. The van der Waals surface area contributed by atoms with Crippen LogP contribution in [0, 0.1) is 0 Å². The van der Waals surface area contributed by atoms with E-state index in [1.54, 1.807) is 33.1 Å². The van der Waals surface area contributed by atoms with Crippen molar-refractivity contribution in [1.29, 1.82) is 0 Å². The van der Waals surface area contributed by atoms with Gasteiger partial charge >= 0.3 is 0 Å². The second-order valence-electron chi connectivity index (χ2n) is 6.28. The van der Waals surface area contributed by atoms with Gasteiger partial charge in [-0.1, -0.05) is 6.08 Å².